The van der Waals surface area contributed by atoms with Gasteiger partial charge >= 0.3 is 0 Å². The summed E-state index contributed by atoms with van der Waals surface area (Å²) < 4.78 is 5.17. The third kappa shape index (κ3) is 2.88. The van der Waals surface area contributed by atoms with Gasteiger partial charge in [0.2, 0.25) is 5.91 Å². The number of fused-ring (bicyclic) bond motifs is 1. The fourth-order valence-electron chi connectivity index (χ4n) is 3.49. The highest BCUT2D eigenvalue weighted by atomic mass is 16.5. The highest BCUT2D eigenvalue weighted by Gasteiger charge is 2.52. The number of nitrogens with one attached hydrogen (secondary N) is 2. The van der Waals surface area contributed by atoms with Crippen LogP contribution in [0.4, 0.5) is 0 Å². The molecule has 1 amide bonds. The van der Waals surface area contributed by atoms with Crippen LogP contribution < -0.4 is 10.1 Å². The number of aromatic nitrogens is 1. The zero-order valence-corrected chi connectivity index (χ0v) is 14.3. The monoisotopic (exact) mass is 334 g/mol. The zero-order valence-electron chi connectivity index (χ0n) is 14.3. The molecule has 2 N–H and O–H groups in total. The Labute approximate surface area is 147 Å². The molecule has 0 radical (unpaired) electrons. The fraction of sp³-hybridized carbons (Fsp3) is 0.286. The molecular weight excluding hydrogens is 312 g/mol. The molecule has 25 heavy (non-hydrogen) atoms. The van der Waals surface area contributed by atoms with Gasteiger partial charge in [-0.05, 0) is 48.6 Å². The minimum atomic E-state index is -0.348. The molecule has 3 aromatic rings. The van der Waals surface area contributed by atoms with Crippen molar-refractivity contribution in [3.8, 4) is 5.75 Å². The van der Waals surface area contributed by atoms with Crippen molar-refractivity contribution >= 4 is 16.8 Å². The van der Waals surface area contributed by atoms with E-state index in [1.54, 1.807) is 7.11 Å². The lowest BCUT2D eigenvalue weighted by Crippen LogP contribution is -2.35. The molecule has 0 atom stereocenters. The predicted octanol–water partition coefficient (Wildman–Crippen LogP) is 3.57. The van der Waals surface area contributed by atoms with E-state index in [1.807, 2.05) is 42.6 Å². The van der Waals surface area contributed by atoms with Crippen LogP contribution in [0.5, 0.6) is 5.75 Å². The second-order valence-electron chi connectivity index (χ2n) is 6.68. The van der Waals surface area contributed by atoms with Gasteiger partial charge in [0, 0.05) is 23.6 Å². The van der Waals surface area contributed by atoms with E-state index in [0.29, 0.717) is 6.54 Å². The van der Waals surface area contributed by atoms with Gasteiger partial charge < -0.3 is 15.0 Å². The first kappa shape index (κ1) is 15.8. The van der Waals surface area contributed by atoms with Crippen LogP contribution in [-0.2, 0) is 16.6 Å². The minimum absolute atomic E-state index is 0.144. The zero-order chi connectivity index (χ0) is 17.3. The Morgan fingerprint density at radius 1 is 1.16 bits per heavy atom. The van der Waals surface area contributed by atoms with E-state index >= 15 is 0 Å². The number of amides is 1. The van der Waals surface area contributed by atoms with Crippen LogP contribution in [0.2, 0.25) is 0 Å². The van der Waals surface area contributed by atoms with Gasteiger partial charge in [-0.1, -0.05) is 30.3 Å². The van der Waals surface area contributed by atoms with E-state index in [-0.39, 0.29) is 11.3 Å². The number of para-hydroxylation sites is 1. The molecule has 0 aliphatic heterocycles. The summed E-state index contributed by atoms with van der Waals surface area (Å²) in [5.74, 6) is 0.995. The number of rotatable bonds is 6. The summed E-state index contributed by atoms with van der Waals surface area (Å²) in [4.78, 5) is 16.1. The summed E-state index contributed by atoms with van der Waals surface area (Å²) in [6.07, 6.45) is 4.66. The lowest BCUT2D eigenvalue weighted by Gasteiger charge is -2.15. The Morgan fingerprint density at radius 2 is 1.92 bits per heavy atom. The molecule has 1 heterocycles. The first-order chi connectivity index (χ1) is 12.2. The van der Waals surface area contributed by atoms with Gasteiger partial charge in [-0.2, -0.15) is 0 Å². The quantitative estimate of drug-likeness (QED) is 0.724. The summed E-state index contributed by atoms with van der Waals surface area (Å²) in [5, 5.41) is 4.29. The molecule has 0 spiro atoms. The van der Waals surface area contributed by atoms with Crippen molar-refractivity contribution in [2.45, 2.75) is 24.7 Å². The van der Waals surface area contributed by atoms with Crippen LogP contribution in [0.25, 0.3) is 10.9 Å². The van der Waals surface area contributed by atoms with Crippen LogP contribution in [0.1, 0.15) is 24.0 Å². The fourth-order valence-corrected chi connectivity index (χ4v) is 3.49. The van der Waals surface area contributed by atoms with E-state index < -0.39 is 0 Å². The van der Waals surface area contributed by atoms with Gasteiger partial charge in [-0.25, -0.2) is 0 Å². The molecule has 0 unspecified atom stereocenters. The third-order valence-corrected chi connectivity index (χ3v) is 5.15. The van der Waals surface area contributed by atoms with Crippen molar-refractivity contribution in [1.82, 2.24) is 10.3 Å². The number of benzene rings is 2. The number of hydrogen-bond acceptors (Lipinski definition) is 2. The van der Waals surface area contributed by atoms with Gasteiger partial charge in [0.15, 0.2) is 0 Å². The van der Waals surface area contributed by atoms with Gasteiger partial charge in [0.05, 0.1) is 12.5 Å². The average molecular weight is 334 g/mol. The van der Waals surface area contributed by atoms with E-state index in [1.165, 1.54) is 5.56 Å². The second-order valence-corrected chi connectivity index (χ2v) is 6.68. The van der Waals surface area contributed by atoms with E-state index in [9.17, 15) is 4.79 Å². The molecule has 1 saturated carbocycles. The molecule has 1 aromatic heterocycles. The van der Waals surface area contributed by atoms with Crippen LogP contribution in [-0.4, -0.2) is 24.5 Å². The Hall–Kier alpha value is -2.75. The summed E-state index contributed by atoms with van der Waals surface area (Å²) in [7, 11) is 1.66. The maximum absolute atomic E-state index is 12.8. The van der Waals surface area contributed by atoms with Crippen molar-refractivity contribution in [2.24, 2.45) is 0 Å². The molecule has 1 aliphatic carbocycles. The standard InChI is InChI=1S/C21H22N2O2/c1-25-16-8-6-15(7-9-16)10-13-22-20(24)21(11-12-21)18-14-23-19-5-3-2-4-17(18)19/h2-9,14,23H,10-13H2,1H3,(H,22,24). The van der Waals surface area contributed by atoms with Crippen LogP contribution in [0, 0.1) is 0 Å². The molecule has 0 bridgehead atoms. The van der Waals surface area contributed by atoms with Gasteiger partial charge in [0.1, 0.15) is 5.75 Å². The molecule has 4 rings (SSSR count). The molecule has 1 fully saturated rings. The molecule has 4 heteroatoms. The lowest BCUT2D eigenvalue weighted by atomic mass is 9.94. The lowest BCUT2D eigenvalue weighted by molar-refractivity contribution is -0.123. The normalized spacial score (nSPS) is 15.1. The van der Waals surface area contributed by atoms with E-state index in [2.05, 4.69) is 22.4 Å². The molecule has 0 saturated heterocycles. The van der Waals surface area contributed by atoms with Crippen LogP contribution in [0.3, 0.4) is 0 Å². The number of hydrogen-bond donors (Lipinski definition) is 2. The Balaban J connectivity index is 1.42. The summed E-state index contributed by atoms with van der Waals surface area (Å²) in [6.45, 7) is 0.648. The average Bonchev–Trinajstić information content (AvgIpc) is 3.35. The minimum Gasteiger partial charge on any atom is -0.497 e. The van der Waals surface area contributed by atoms with Crippen LogP contribution in [0.15, 0.2) is 54.7 Å². The van der Waals surface area contributed by atoms with Gasteiger partial charge in [-0.15, -0.1) is 0 Å². The second kappa shape index (κ2) is 6.28. The topological polar surface area (TPSA) is 54.1 Å². The molecule has 1 aliphatic rings. The van der Waals surface area contributed by atoms with E-state index in [0.717, 1.165) is 41.5 Å². The maximum atomic E-state index is 12.8. The smallest absolute Gasteiger partial charge is 0.230 e. The highest BCUT2D eigenvalue weighted by molar-refractivity contribution is 5.97. The summed E-state index contributed by atoms with van der Waals surface area (Å²) >= 11 is 0. The number of ether oxygens (including phenoxy) is 1. The Bertz CT molecular complexity index is 892. The maximum Gasteiger partial charge on any atom is 0.230 e. The summed E-state index contributed by atoms with van der Waals surface area (Å²) in [6, 6.07) is 16.2. The highest BCUT2D eigenvalue weighted by Crippen LogP contribution is 2.50. The number of carbonyl (C=O) groups is 1. The third-order valence-electron chi connectivity index (χ3n) is 5.15. The molecular formula is C21H22N2O2. The van der Waals surface area contributed by atoms with Gasteiger partial charge in [0.25, 0.3) is 0 Å². The predicted molar refractivity (Wildman–Crippen MR) is 98.9 cm³/mol. The largest absolute Gasteiger partial charge is 0.497 e. The van der Waals surface area contributed by atoms with Crippen molar-refractivity contribution in [3.05, 3.63) is 65.9 Å². The van der Waals surface area contributed by atoms with Crippen LogP contribution >= 0.6 is 0 Å². The van der Waals surface area contributed by atoms with Crippen molar-refractivity contribution in [3.63, 3.8) is 0 Å². The van der Waals surface area contributed by atoms with Gasteiger partial charge in [-0.3, -0.25) is 4.79 Å². The Kier molecular flexibility index (Phi) is 3.96. The number of H-pyrrole nitrogens is 1. The van der Waals surface area contributed by atoms with Crippen molar-refractivity contribution in [2.75, 3.05) is 13.7 Å². The number of methoxy groups -OCH3 is 1. The van der Waals surface area contributed by atoms with Crippen molar-refractivity contribution < 1.29 is 9.53 Å². The van der Waals surface area contributed by atoms with E-state index in [4.69, 9.17) is 4.74 Å². The number of aromatic amines is 1. The SMILES string of the molecule is COc1ccc(CCNC(=O)C2(c3c[nH]c4ccccc34)CC2)cc1. The molecule has 2 aromatic carbocycles. The Morgan fingerprint density at radius 3 is 2.64 bits per heavy atom. The number of carbonyl (C=O) groups excluding carboxylic acids is 1. The first-order valence-corrected chi connectivity index (χ1v) is 8.71. The molecule has 4 nitrogen and oxygen atoms in total. The molecule has 128 valence electrons. The first-order valence-electron chi connectivity index (χ1n) is 8.71. The van der Waals surface area contributed by atoms with Crippen molar-refractivity contribution in [1.29, 1.82) is 0 Å². The summed E-state index contributed by atoms with van der Waals surface area (Å²) in [5.41, 5.74) is 3.07.